The van der Waals surface area contributed by atoms with Gasteiger partial charge >= 0.3 is 0 Å². The molecule has 0 saturated heterocycles. The molecule has 0 atom stereocenters. The number of aryl methyl sites for hydroxylation is 1. The molecule has 0 aliphatic rings. The van der Waals surface area contributed by atoms with Crippen LogP contribution in [0.15, 0.2) is 39.7 Å². The van der Waals surface area contributed by atoms with Crippen LogP contribution in [0.2, 0.25) is 0 Å². The fraction of sp³-hybridized carbons (Fsp3) is 0.0769. The summed E-state index contributed by atoms with van der Waals surface area (Å²) in [6, 6.07) is 7.55. The van der Waals surface area contributed by atoms with Gasteiger partial charge in [0.25, 0.3) is 5.56 Å². The molecule has 1 N–H and O–H groups in total. The number of halogens is 1. The topological polar surface area (TPSA) is 45.8 Å². The number of fused-ring (bicyclic) bond motifs is 3. The van der Waals surface area contributed by atoms with E-state index in [0.29, 0.717) is 5.39 Å². The normalized spacial score (nSPS) is 11.2. The molecule has 3 nitrogen and oxygen atoms in total. The Kier molecular flexibility index (Phi) is 2.26. The maximum Gasteiger partial charge on any atom is 0.256 e. The molecule has 2 heterocycles. The number of aromatic nitrogens is 2. The van der Waals surface area contributed by atoms with Gasteiger partial charge in [-0.1, -0.05) is 18.2 Å². The van der Waals surface area contributed by atoms with Crippen molar-refractivity contribution < 1.29 is 0 Å². The monoisotopic (exact) mass is 288 g/mol. The molecule has 0 radical (unpaired) electrons. The van der Waals surface area contributed by atoms with Crippen LogP contribution in [0.4, 0.5) is 0 Å². The first-order chi connectivity index (χ1) is 8.18. The van der Waals surface area contributed by atoms with E-state index in [-0.39, 0.29) is 5.56 Å². The van der Waals surface area contributed by atoms with Crippen molar-refractivity contribution in [3.05, 3.63) is 51.0 Å². The molecule has 17 heavy (non-hydrogen) atoms. The van der Waals surface area contributed by atoms with Gasteiger partial charge in [0.15, 0.2) is 0 Å². The van der Waals surface area contributed by atoms with Crippen LogP contribution in [0.25, 0.3) is 21.7 Å². The van der Waals surface area contributed by atoms with Crippen molar-refractivity contribution >= 4 is 37.6 Å². The van der Waals surface area contributed by atoms with Crippen molar-refractivity contribution in [3.63, 3.8) is 0 Å². The second-order valence-corrected chi connectivity index (χ2v) is 4.74. The maximum absolute atomic E-state index is 12.0. The molecule has 1 aromatic carbocycles. The minimum absolute atomic E-state index is 0.0700. The van der Waals surface area contributed by atoms with Crippen molar-refractivity contribution in [1.29, 1.82) is 0 Å². The third-order valence-corrected chi connectivity index (χ3v) is 3.86. The van der Waals surface area contributed by atoms with E-state index in [9.17, 15) is 4.79 Å². The number of nitrogens with one attached hydrogen (secondary N) is 1. The highest BCUT2D eigenvalue weighted by atomic mass is 79.9. The lowest BCUT2D eigenvalue weighted by Gasteiger charge is -2.06. The highest BCUT2D eigenvalue weighted by Gasteiger charge is 2.09. The number of pyridine rings is 2. The van der Waals surface area contributed by atoms with Crippen LogP contribution < -0.4 is 5.56 Å². The first-order valence-electron chi connectivity index (χ1n) is 5.24. The first-order valence-corrected chi connectivity index (χ1v) is 6.03. The zero-order valence-electron chi connectivity index (χ0n) is 9.12. The average Bonchev–Trinajstić information content (AvgIpc) is 2.35. The summed E-state index contributed by atoms with van der Waals surface area (Å²) in [6.07, 6.45) is 1.80. The molecule has 0 aliphatic carbocycles. The van der Waals surface area contributed by atoms with Gasteiger partial charge in [0.2, 0.25) is 0 Å². The van der Waals surface area contributed by atoms with E-state index >= 15 is 0 Å². The summed E-state index contributed by atoms with van der Waals surface area (Å²) < 4.78 is 0.845. The SMILES string of the molecule is Cc1ncc2c([nH]c(=O)c3ccccc32)c1Br. The Balaban J connectivity index is 2.67. The molecular formula is C13H9BrN2O. The highest BCUT2D eigenvalue weighted by molar-refractivity contribution is 9.10. The summed E-state index contributed by atoms with van der Waals surface area (Å²) in [4.78, 5) is 19.2. The van der Waals surface area contributed by atoms with Crippen molar-refractivity contribution in [2.45, 2.75) is 6.92 Å². The molecule has 0 spiro atoms. The molecular weight excluding hydrogens is 280 g/mol. The lowest BCUT2D eigenvalue weighted by Crippen LogP contribution is -2.07. The van der Waals surface area contributed by atoms with E-state index < -0.39 is 0 Å². The van der Waals surface area contributed by atoms with Gasteiger partial charge in [0, 0.05) is 17.0 Å². The number of hydrogen-bond acceptors (Lipinski definition) is 2. The van der Waals surface area contributed by atoms with Gasteiger partial charge in [0.1, 0.15) is 0 Å². The maximum atomic E-state index is 12.0. The quantitative estimate of drug-likeness (QED) is 0.646. The fourth-order valence-corrected chi connectivity index (χ4v) is 2.42. The summed E-state index contributed by atoms with van der Waals surface area (Å²) >= 11 is 3.47. The lowest BCUT2D eigenvalue weighted by atomic mass is 10.1. The summed E-state index contributed by atoms with van der Waals surface area (Å²) in [6.45, 7) is 1.90. The standard InChI is InChI=1S/C13H9BrN2O/c1-7-11(14)12-10(6-15-7)8-4-2-3-5-9(8)13(17)16-12/h2-6H,1H3,(H,16,17). The van der Waals surface area contributed by atoms with Crippen LogP contribution in [-0.4, -0.2) is 9.97 Å². The summed E-state index contributed by atoms with van der Waals surface area (Å²) in [5.74, 6) is 0. The van der Waals surface area contributed by atoms with Crippen molar-refractivity contribution in [1.82, 2.24) is 9.97 Å². The molecule has 0 fully saturated rings. The van der Waals surface area contributed by atoms with E-state index in [1.54, 1.807) is 6.20 Å². The van der Waals surface area contributed by atoms with E-state index in [1.165, 1.54) is 0 Å². The number of rotatable bonds is 0. The fourth-order valence-electron chi connectivity index (χ4n) is 2.01. The van der Waals surface area contributed by atoms with Gasteiger partial charge in [-0.05, 0) is 34.3 Å². The molecule has 4 heteroatoms. The molecule has 3 aromatic rings. The minimum atomic E-state index is -0.0700. The van der Waals surface area contributed by atoms with Gasteiger partial charge < -0.3 is 4.98 Å². The zero-order chi connectivity index (χ0) is 12.0. The molecule has 2 aromatic heterocycles. The number of benzene rings is 1. The molecule has 0 bridgehead atoms. The van der Waals surface area contributed by atoms with E-state index in [0.717, 1.165) is 26.5 Å². The molecule has 0 amide bonds. The van der Waals surface area contributed by atoms with Crippen LogP contribution in [0.5, 0.6) is 0 Å². The highest BCUT2D eigenvalue weighted by Crippen LogP contribution is 2.27. The molecule has 0 aliphatic heterocycles. The van der Waals surface area contributed by atoms with Gasteiger partial charge in [-0.2, -0.15) is 0 Å². The number of H-pyrrole nitrogens is 1. The van der Waals surface area contributed by atoms with Crippen LogP contribution in [0.1, 0.15) is 5.69 Å². The van der Waals surface area contributed by atoms with Gasteiger partial charge in [0.05, 0.1) is 15.7 Å². The molecule has 84 valence electrons. The zero-order valence-corrected chi connectivity index (χ0v) is 10.7. The third-order valence-electron chi connectivity index (χ3n) is 2.89. The smallest absolute Gasteiger partial charge is 0.256 e. The Hall–Kier alpha value is -1.68. The van der Waals surface area contributed by atoms with Crippen LogP contribution >= 0.6 is 15.9 Å². The van der Waals surface area contributed by atoms with Crippen LogP contribution in [-0.2, 0) is 0 Å². The lowest BCUT2D eigenvalue weighted by molar-refractivity contribution is 1.19. The number of hydrogen-bond donors (Lipinski definition) is 1. The first kappa shape index (κ1) is 10.5. The predicted molar refractivity (Wildman–Crippen MR) is 72.3 cm³/mol. The Morgan fingerprint density at radius 1 is 1.18 bits per heavy atom. The minimum Gasteiger partial charge on any atom is -0.320 e. The second kappa shape index (κ2) is 3.67. The Bertz CT molecular complexity index is 792. The van der Waals surface area contributed by atoms with Crippen molar-refractivity contribution in [3.8, 4) is 0 Å². The number of nitrogens with zero attached hydrogens (tertiary/aromatic N) is 1. The van der Waals surface area contributed by atoms with Crippen LogP contribution in [0, 0.1) is 6.92 Å². The van der Waals surface area contributed by atoms with Gasteiger partial charge in [-0.15, -0.1) is 0 Å². The summed E-state index contributed by atoms with van der Waals surface area (Å²) in [7, 11) is 0. The Morgan fingerprint density at radius 3 is 2.65 bits per heavy atom. The average molecular weight is 289 g/mol. The summed E-state index contributed by atoms with van der Waals surface area (Å²) in [5.41, 5.74) is 1.60. The largest absolute Gasteiger partial charge is 0.320 e. The second-order valence-electron chi connectivity index (χ2n) is 3.95. The Labute approximate surface area is 106 Å². The van der Waals surface area contributed by atoms with Crippen molar-refractivity contribution in [2.24, 2.45) is 0 Å². The van der Waals surface area contributed by atoms with Gasteiger partial charge in [-0.3, -0.25) is 9.78 Å². The molecule has 0 unspecified atom stereocenters. The summed E-state index contributed by atoms with van der Waals surface area (Å²) in [5, 5.41) is 2.58. The number of aromatic amines is 1. The van der Waals surface area contributed by atoms with E-state index in [4.69, 9.17) is 0 Å². The van der Waals surface area contributed by atoms with E-state index in [1.807, 2.05) is 31.2 Å². The molecule has 3 rings (SSSR count). The Morgan fingerprint density at radius 2 is 1.88 bits per heavy atom. The van der Waals surface area contributed by atoms with Gasteiger partial charge in [-0.25, -0.2) is 0 Å². The van der Waals surface area contributed by atoms with Crippen molar-refractivity contribution in [2.75, 3.05) is 0 Å². The predicted octanol–water partition coefficient (Wildman–Crippen LogP) is 3.15. The molecule has 0 saturated carbocycles. The third kappa shape index (κ3) is 1.48. The van der Waals surface area contributed by atoms with E-state index in [2.05, 4.69) is 25.9 Å². The van der Waals surface area contributed by atoms with Crippen LogP contribution in [0.3, 0.4) is 0 Å².